The molecule has 1 N–H and O–H groups in total. The number of epoxide rings is 1. The first-order chi connectivity index (χ1) is 5.79. The summed E-state index contributed by atoms with van der Waals surface area (Å²) in [5.41, 5.74) is 0.0758. The second kappa shape index (κ2) is 2.05. The SMILES string of the molecule is O[C@H]1CCC[C@]23CCCC[C@]12O3. The molecule has 1 aliphatic heterocycles. The van der Waals surface area contributed by atoms with Crippen molar-refractivity contribution in [2.24, 2.45) is 0 Å². The first-order valence-corrected chi connectivity index (χ1v) is 5.17. The maximum absolute atomic E-state index is 9.88. The monoisotopic (exact) mass is 168 g/mol. The van der Waals surface area contributed by atoms with Crippen molar-refractivity contribution in [3.05, 3.63) is 0 Å². The van der Waals surface area contributed by atoms with Crippen LogP contribution >= 0.6 is 0 Å². The first kappa shape index (κ1) is 7.34. The molecular formula is C10H16O2. The molecule has 2 nitrogen and oxygen atoms in total. The highest BCUT2D eigenvalue weighted by Gasteiger charge is 2.74. The lowest BCUT2D eigenvalue weighted by Crippen LogP contribution is -2.43. The molecule has 0 bridgehead atoms. The third-order valence-corrected chi connectivity index (χ3v) is 4.08. The minimum Gasteiger partial charge on any atom is -0.390 e. The summed E-state index contributed by atoms with van der Waals surface area (Å²) in [6, 6.07) is 0. The molecule has 1 saturated heterocycles. The van der Waals surface area contributed by atoms with Gasteiger partial charge in [-0.3, -0.25) is 0 Å². The lowest BCUT2D eigenvalue weighted by molar-refractivity contribution is 0.0515. The average Bonchev–Trinajstić information content (AvgIpc) is 2.75. The molecule has 68 valence electrons. The van der Waals surface area contributed by atoms with Gasteiger partial charge in [-0.15, -0.1) is 0 Å². The fourth-order valence-corrected chi connectivity index (χ4v) is 3.40. The van der Waals surface area contributed by atoms with Crippen molar-refractivity contribution in [1.29, 1.82) is 0 Å². The summed E-state index contributed by atoms with van der Waals surface area (Å²) in [6.45, 7) is 0. The molecule has 3 aliphatic rings. The second-order valence-corrected chi connectivity index (χ2v) is 4.60. The summed E-state index contributed by atoms with van der Waals surface area (Å²) < 4.78 is 5.88. The Morgan fingerprint density at radius 1 is 1.08 bits per heavy atom. The van der Waals surface area contributed by atoms with Crippen molar-refractivity contribution in [1.82, 2.24) is 0 Å². The van der Waals surface area contributed by atoms with Crippen LogP contribution in [-0.2, 0) is 4.74 Å². The highest BCUT2D eigenvalue weighted by atomic mass is 16.6. The highest BCUT2D eigenvalue weighted by molar-refractivity contribution is 5.22. The molecule has 0 aromatic rings. The normalized spacial score (nSPS) is 57.2. The van der Waals surface area contributed by atoms with Gasteiger partial charge in [0.2, 0.25) is 0 Å². The van der Waals surface area contributed by atoms with E-state index in [0.29, 0.717) is 0 Å². The van der Waals surface area contributed by atoms with E-state index in [1.54, 1.807) is 0 Å². The van der Waals surface area contributed by atoms with Crippen molar-refractivity contribution in [3.63, 3.8) is 0 Å². The van der Waals surface area contributed by atoms with Crippen LogP contribution in [0.3, 0.4) is 0 Å². The summed E-state index contributed by atoms with van der Waals surface area (Å²) in [4.78, 5) is 0. The van der Waals surface area contributed by atoms with Crippen molar-refractivity contribution in [2.75, 3.05) is 0 Å². The summed E-state index contributed by atoms with van der Waals surface area (Å²) in [6.07, 6.45) is 8.01. The minimum atomic E-state index is -0.161. The average molecular weight is 168 g/mol. The molecule has 2 saturated carbocycles. The zero-order valence-corrected chi connectivity index (χ0v) is 7.38. The molecule has 0 aromatic carbocycles. The van der Waals surface area contributed by atoms with Gasteiger partial charge in [-0.05, 0) is 32.1 Å². The van der Waals surface area contributed by atoms with E-state index < -0.39 is 0 Å². The van der Waals surface area contributed by atoms with Gasteiger partial charge in [-0.2, -0.15) is 0 Å². The van der Waals surface area contributed by atoms with Crippen LogP contribution < -0.4 is 0 Å². The Hall–Kier alpha value is -0.0800. The second-order valence-electron chi connectivity index (χ2n) is 4.60. The lowest BCUT2D eigenvalue weighted by Gasteiger charge is -2.32. The van der Waals surface area contributed by atoms with Gasteiger partial charge >= 0.3 is 0 Å². The molecule has 12 heavy (non-hydrogen) atoms. The standard InChI is InChI=1S/C10H16O2/c11-8-4-3-6-9-5-1-2-7-10(8,9)12-9/h8,11H,1-7H2/t8-,9+,10-/m0/s1. The fraction of sp³-hybridized carbons (Fsp3) is 1.00. The summed E-state index contributed by atoms with van der Waals surface area (Å²) in [7, 11) is 0. The maximum atomic E-state index is 9.88. The van der Waals surface area contributed by atoms with Gasteiger partial charge in [0.25, 0.3) is 0 Å². The smallest absolute Gasteiger partial charge is 0.124 e. The van der Waals surface area contributed by atoms with E-state index in [2.05, 4.69) is 0 Å². The topological polar surface area (TPSA) is 32.8 Å². The van der Waals surface area contributed by atoms with E-state index in [-0.39, 0.29) is 17.3 Å². The molecule has 3 rings (SSSR count). The van der Waals surface area contributed by atoms with Gasteiger partial charge in [-0.1, -0.05) is 12.8 Å². The van der Waals surface area contributed by atoms with Crippen LogP contribution in [0.15, 0.2) is 0 Å². The Bertz CT molecular complexity index is 212. The number of ether oxygens (including phenoxy) is 1. The van der Waals surface area contributed by atoms with Crippen LogP contribution in [0.5, 0.6) is 0 Å². The van der Waals surface area contributed by atoms with Gasteiger partial charge in [0, 0.05) is 0 Å². The molecule has 0 amide bonds. The summed E-state index contributed by atoms with van der Waals surface area (Å²) in [5.74, 6) is 0. The highest BCUT2D eigenvalue weighted by Crippen LogP contribution is 2.64. The molecule has 2 aliphatic carbocycles. The summed E-state index contributed by atoms with van der Waals surface area (Å²) in [5, 5.41) is 9.88. The molecule has 0 unspecified atom stereocenters. The van der Waals surface area contributed by atoms with Gasteiger partial charge in [0.05, 0.1) is 6.10 Å². The maximum Gasteiger partial charge on any atom is 0.124 e. The number of aliphatic hydroxyl groups is 1. The van der Waals surface area contributed by atoms with Crippen molar-refractivity contribution in [2.45, 2.75) is 62.3 Å². The zero-order valence-electron chi connectivity index (χ0n) is 7.38. The minimum absolute atomic E-state index is 0.0660. The van der Waals surface area contributed by atoms with Crippen LogP contribution in [0.1, 0.15) is 44.9 Å². The van der Waals surface area contributed by atoms with E-state index in [1.807, 2.05) is 0 Å². The lowest BCUT2D eigenvalue weighted by atomic mass is 9.69. The van der Waals surface area contributed by atoms with Crippen molar-refractivity contribution < 1.29 is 9.84 Å². The number of hydrogen-bond acceptors (Lipinski definition) is 2. The van der Waals surface area contributed by atoms with Gasteiger partial charge in [0.15, 0.2) is 0 Å². The number of hydrogen-bond donors (Lipinski definition) is 1. The number of aliphatic hydroxyl groups excluding tert-OH is 1. The Kier molecular flexibility index (Phi) is 1.25. The molecule has 3 fully saturated rings. The molecule has 3 atom stereocenters. The molecule has 2 heteroatoms. The van der Waals surface area contributed by atoms with Crippen LogP contribution in [0.4, 0.5) is 0 Å². The van der Waals surface area contributed by atoms with Crippen molar-refractivity contribution in [3.8, 4) is 0 Å². The van der Waals surface area contributed by atoms with Crippen LogP contribution in [0, 0.1) is 0 Å². The molecule has 0 radical (unpaired) electrons. The van der Waals surface area contributed by atoms with E-state index in [0.717, 1.165) is 19.3 Å². The third kappa shape index (κ3) is 0.647. The Balaban J connectivity index is 1.92. The third-order valence-electron chi connectivity index (χ3n) is 4.08. The summed E-state index contributed by atoms with van der Waals surface area (Å²) >= 11 is 0. The predicted octanol–water partition coefficient (Wildman–Crippen LogP) is 1.61. The predicted molar refractivity (Wildman–Crippen MR) is 44.9 cm³/mol. The Labute approximate surface area is 72.9 Å². The molecule has 0 aromatic heterocycles. The van der Waals surface area contributed by atoms with Crippen LogP contribution in [0.2, 0.25) is 0 Å². The van der Waals surface area contributed by atoms with E-state index in [4.69, 9.17) is 4.74 Å². The van der Waals surface area contributed by atoms with Crippen LogP contribution in [-0.4, -0.2) is 22.4 Å². The van der Waals surface area contributed by atoms with E-state index in [9.17, 15) is 5.11 Å². The van der Waals surface area contributed by atoms with E-state index in [1.165, 1.54) is 25.7 Å². The van der Waals surface area contributed by atoms with Gasteiger partial charge in [-0.25, -0.2) is 0 Å². The molecule has 1 heterocycles. The zero-order chi connectivity index (χ0) is 8.23. The molecular weight excluding hydrogens is 152 g/mol. The fourth-order valence-electron chi connectivity index (χ4n) is 3.40. The Morgan fingerprint density at radius 2 is 1.83 bits per heavy atom. The largest absolute Gasteiger partial charge is 0.390 e. The molecule has 0 spiro atoms. The first-order valence-electron chi connectivity index (χ1n) is 5.17. The Morgan fingerprint density at radius 3 is 2.67 bits per heavy atom. The van der Waals surface area contributed by atoms with Gasteiger partial charge in [0.1, 0.15) is 11.2 Å². The van der Waals surface area contributed by atoms with E-state index >= 15 is 0 Å². The van der Waals surface area contributed by atoms with Crippen LogP contribution in [0.25, 0.3) is 0 Å². The number of rotatable bonds is 0. The van der Waals surface area contributed by atoms with Gasteiger partial charge < -0.3 is 9.84 Å². The van der Waals surface area contributed by atoms with Crippen molar-refractivity contribution >= 4 is 0 Å². The quantitative estimate of drug-likeness (QED) is 0.557.